The molecule has 2 unspecified atom stereocenters. The lowest BCUT2D eigenvalue weighted by Crippen LogP contribution is -2.21. The Kier molecular flexibility index (Phi) is 5.59. The highest BCUT2D eigenvalue weighted by molar-refractivity contribution is 14.1. The second kappa shape index (κ2) is 7.86. The van der Waals surface area contributed by atoms with Crippen LogP contribution in [0.1, 0.15) is 19.3 Å². The zero-order chi connectivity index (χ0) is 16.9. The van der Waals surface area contributed by atoms with Gasteiger partial charge in [0.1, 0.15) is 11.6 Å². The molecule has 6 nitrogen and oxygen atoms in total. The Morgan fingerprint density at radius 2 is 1.71 bits per heavy atom. The van der Waals surface area contributed by atoms with Crippen molar-refractivity contribution in [1.82, 2.24) is 15.0 Å². The quantitative estimate of drug-likeness (QED) is 0.661. The molecule has 0 aromatic carbocycles. The van der Waals surface area contributed by atoms with Crippen molar-refractivity contribution < 1.29 is 13.5 Å². The molecule has 2 N–H and O–H groups in total. The lowest BCUT2D eigenvalue weighted by atomic mass is 10.2. The number of nitrogens with one attached hydrogen (secondary N) is 2. The minimum absolute atomic E-state index is 0.189. The number of rotatable bonds is 6. The Labute approximate surface area is 151 Å². The summed E-state index contributed by atoms with van der Waals surface area (Å²) in [7, 11) is 0. The topological polar surface area (TPSA) is 72.0 Å². The number of hydrogen-bond acceptors (Lipinski definition) is 6. The molecule has 2 heterocycles. The van der Waals surface area contributed by atoms with E-state index >= 15 is 0 Å². The van der Waals surface area contributed by atoms with E-state index < -0.39 is 6.61 Å². The molecule has 0 saturated heterocycles. The van der Waals surface area contributed by atoms with Crippen LogP contribution in [0.15, 0.2) is 30.7 Å². The summed E-state index contributed by atoms with van der Waals surface area (Å²) in [6.07, 6.45) is 7.34. The number of pyridine rings is 1. The molecule has 2 aromatic heterocycles. The summed E-state index contributed by atoms with van der Waals surface area (Å²) in [4.78, 5) is 12.2. The Hall–Kier alpha value is -1.78. The number of nitrogens with zero attached hydrogens (tertiary/aromatic N) is 3. The zero-order valence-corrected chi connectivity index (χ0v) is 14.8. The predicted octanol–water partition coefficient (Wildman–Crippen LogP) is 3.52. The Morgan fingerprint density at radius 1 is 1.00 bits per heavy atom. The molecular weight excluding hydrogens is 431 g/mol. The molecule has 9 heteroatoms. The van der Waals surface area contributed by atoms with Crippen molar-refractivity contribution in [1.29, 1.82) is 0 Å². The summed E-state index contributed by atoms with van der Waals surface area (Å²) >= 11 is 2.22. The van der Waals surface area contributed by atoms with E-state index in [1.165, 1.54) is 12.4 Å². The van der Waals surface area contributed by atoms with Crippen molar-refractivity contribution >= 4 is 34.2 Å². The summed E-state index contributed by atoms with van der Waals surface area (Å²) in [5.41, 5.74) is 0. The molecule has 1 saturated carbocycles. The fraction of sp³-hybridized carbons (Fsp3) is 0.400. The van der Waals surface area contributed by atoms with Crippen LogP contribution in [0.3, 0.4) is 0 Å². The van der Waals surface area contributed by atoms with Gasteiger partial charge in [-0.1, -0.05) is 0 Å². The van der Waals surface area contributed by atoms with E-state index in [0.29, 0.717) is 11.9 Å². The van der Waals surface area contributed by atoms with Gasteiger partial charge in [0.2, 0.25) is 5.88 Å². The third kappa shape index (κ3) is 4.86. The standard InChI is InChI=1S/C15H16F2IN5O/c16-15(17)24-14-8-20-13(7-21-14)23-11-3-2-10(5-11)22-12-4-1-9(18)6-19-12/h1,4,6-8,10-11,15H,2-3,5H2,(H,19,22)(H,20,23). The lowest BCUT2D eigenvalue weighted by molar-refractivity contribution is -0.0530. The van der Waals surface area contributed by atoms with Crippen LogP contribution in [0, 0.1) is 3.57 Å². The second-order valence-electron chi connectivity index (χ2n) is 5.48. The number of aromatic nitrogens is 3. The third-order valence-electron chi connectivity index (χ3n) is 3.70. The van der Waals surface area contributed by atoms with E-state index in [-0.39, 0.29) is 11.9 Å². The van der Waals surface area contributed by atoms with Gasteiger partial charge in [-0.05, 0) is 54.0 Å². The molecule has 1 aliphatic rings. The van der Waals surface area contributed by atoms with Gasteiger partial charge >= 0.3 is 6.61 Å². The first kappa shape index (κ1) is 17.1. The molecule has 24 heavy (non-hydrogen) atoms. The average molecular weight is 447 g/mol. The molecule has 1 aliphatic carbocycles. The van der Waals surface area contributed by atoms with E-state index in [9.17, 15) is 8.78 Å². The van der Waals surface area contributed by atoms with Crippen LogP contribution in [0.4, 0.5) is 20.4 Å². The molecule has 128 valence electrons. The highest BCUT2D eigenvalue weighted by Gasteiger charge is 2.25. The first-order valence-electron chi connectivity index (χ1n) is 7.50. The Bertz CT molecular complexity index is 656. The van der Waals surface area contributed by atoms with E-state index in [1.807, 2.05) is 18.3 Å². The van der Waals surface area contributed by atoms with Gasteiger partial charge in [0, 0.05) is 21.9 Å². The number of halogens is 3. The van der Waals surface area contributed by atoms with Gasteiger partial charge in [-0.25, -0.2) is 15.0 Å². The van der Waals surface area contributed by atoms with Gasteiger partial charge in [-0.2, -0.15) is 8.78 Å². The third-order valence-corrected chi connectivity index (χ3v) is 4.34. The maximum Gasteiger partial charge on any atom is 0.388 e. The summed E-state index contributed by atoms with van der Waals surface area (Å²) in [5.74, 6) is 1.23. The first-order chi connectivity index (χ1) is 11.6. The second-order valence-corrected chi connectivity index (χ2v) is 6.72. The zero-order valence-electron chi connectivity index (χ0n) is 12.6. The molecule has 0 aliphatic heterocycles. The number of alkyl halides is 2. The minimum Gasteiger partial charge on any atom is -0.415 e. The summed E-state index contributed by atoms with van der Waals surface area (Å²) < 4.78 is 29.4. The molecule has 1 fully saturated rings. The molecule has 0 bridgehead atoms. The Balaban J connectivity index is 1.49. The molecule has 2 aromatic rings. The van der Waals surface area contributed by atoms with E-state index in [4.69, 9.17) is 0 Å². The highest BCUT2D eigenvalue weighted by Crippen LogP contribution is 2.25. The fourth-order valence-electron chi connectivity index (χ4n) is 2.67. The van der Waals surface area contributed by atoms with Gasteiger partial charge in [0.25, 0.3) is 0 Å². The molecule has 0 amide bonds. The Morgan fingerprint density at radius 3 is 2.29 bits per heavy atom. The van der Waals surface area contributed by atoms with Crippen molar-refractivity contribution in [3.63, 3.8) is 0 Å². The molecule has 3 rings (SSSR count). The summed E-state index contributed by atoms with van der Waals surface area (Å²) in [5, 5.41) is 6.69. The maximum absolute atomic E-state index is 12.1. The normalized spacial score (nSPS) is 20.2. The lowest BCUT2D eigenvalue weighted by Gasteiger charge is -2.15. The van der Waals surface area contributed by atoms with Crippen molar-refractivity contribution in [2.24, 2.45) is 0 Å². The van der Waals surface area contributed by atoms with Crippen LogP contribution in [-0.4, -0.2) is 33.6 Å². The summed E-state index contributed by atoms with van der Waals surface area (Å²) in [6, 6.07) is 4.57. The van der Waals surface area contributed by atoms with Crippen LogP contribution in [0.2, 0.25) is 0 Å². The molecular formula is C15H16F2IN5O. The van der Waals surface area contributed by atoms with E-state index in [1.54, 1.807) is 0 Å². The van der Waals surface area contributed by atoms with Crippen LogP contribution >= 0.6 is 22.6 Å². The maximum atomic E-state index is 12.1. The van der Waals surface area contributed by atoms with Gasteiger partial charge in [0.15, 0.2) is 0 Å². The fourth-order valence-corrected chi connectivity index (χ4v) is 2.99. The number of anilines is 2. The predicted molar refractivity (Wildman–Crippen MR) is 94.3 cm³/mol. The smallest absolute Gasteiger partial charge is 0.388 e. The SMILES string of the molecule is FC(F)Oc1cnc(NC2CCC(Nc3ccc(I)cn3)C2)cn1. The number of ether oxygens (including phenoxy) is 1. The minimum atomic E-state index is -2.89. The van der Waals surface area contributed by atoms with Crippen LogP contribution < -0.4 is 15.4 Å². The highest BCUT2D eigenvalue weighted by atomic mass is 127. The largest absolute Gasteiger partial charge is 0.415 e. The van der Waals surface area contributed by atoms with Crippen molar-refractivity contribution in [3.8, 4) is 5.88 Å². The van der Waals surface area contributed by atoms with Crippen LogP contribution in [0.25, 0.3) is 0 Å². The van der Waals surface area contributed by atoms with Gasteiger partial charge < -0.3 is 15.4 Å². The van der Waals surface area contributed by atoms with Crippen molar-refractivity contribution in [2.45, 2.75) is 38.0 Å². The molecule has 2 atom stereocenters. The number of hydrogen-bond donors (Lipinski definition) is 2. The average Bonchev–Trinajstić information content (AvgIpc) is 2.98. The van der Waals surface area contributed by atoms with E-state index in [2.05, 4.69) is 52.9 Å². The van der Waals surface area contributed by atoms with E-state index in [0.717, 1.165) is 28.7 Å². The van der Waals surface area contributed by atoms with Gasteiger partial charge in [-0.3, -0.25) is 0 Å². The van der Waals surface area contributed by atoms with Crippen molar-refractivity contribution in [2.75, 3.05) is 10.6 Å². The molecule has 0 radical (unpaired) electrons. The van der Waals surface area contributed by atoms with Gasteiger partial charge in [0.05, 0.1) is 12.4 Å². The van der Waals surface area contributed by atoms with Crippen LogP contribution in [0.5, 0.6) is 5.88 Å². The monoisotopic (exact) mass is 447 g/mol. The van der Waals surface area contributed by atoms with Gasteiger partial charge in [-0.15, -0.1) is 0 Å². The summed E-state index contributed by atoms with van der Waals surface area (Å²) in [6.45, 7) is -2.89. The van der Waals surface area contributed by atoms with Crippen molar-refractivity contribution in [3.05, 3.63) is 34.3 Å². The van der Waals surface area contributed by atoms with Crippen LogP contribution in [-0.2, 0) is 0 Å². The molecule has 0 spiro atoms. The first-order valence-corrected chi connectivity index (χ1v) is 8.58.